The summed E-state index contributed by atoms with van der Waals surface area (Å²) >= 11 is 0. The van der Waals surface area contributed by atoms with Gasteiger partial charge in [0, 0.05) is 6.42 Å². The summed E-state index contributed by atoms with van der Waals surface area (Å²) in [6.07, 6.45) is -4.75. The minimum absolute atomic E-state index is 0.0269. The van der Waals surface area contributed by atoms with Gasteiger partial charge in [-0.25, -0.2) is 13.2 Å². The van der Waals surface area contributed by atoms with E-state index >= 15 is 0 Å². The smallest absolute Gasteiger partial charge is 0.316 e. The highest BCUT2D eigenvalue weighted by Crippen LogP contribution is 2.29. The summed E-state index contributed by atoms with van der Waals surface area (Å²) in [6, 6.07) is 4.50. The Morgan fingerprint density at radius 1 is 1.25 bits per heavy atom. The third-order valence-electron chi connectivity index (χ3n) is 2.87. The van der Waals surface area contributed by atoms with Crippen LogP contribution in [-0.4, -0.2) is 41.2 Å². The summed E-state index contributed by atoms with van der Waals surface area (Å²) in [6.45, 7) is -1.41. The van der Waals surface area contributed by atoms with Crippen molar-refractivity contribution in [1.29, 1.82) is 0 Å². The Hall–Kier alpha value is -2.05. The van der Waals surface area contributed by atoms with Gasteiger partial charge in [0.1, 0.15) is 18.6 Å². The number of aromatic hydroxyl groups is 1. The Morgan fingerprint density at radius 3 is 2.65 bits per heavy atom. The molecule has 1 N–H and O–H groups in total. The fourth-order valence-corrected chi connectivity index (χ4v) is 1.86. The van der Waals surface area contributed by atoms with Crippen LogP contribution in [0.15, 0.2) is 18.2 Å². The first kappa shape index (κ1) is 14.4. The number of benzene rings is 1. The Kier molecular flexibility index (Phi) is 4.26. The zero-order chi connectivity index (χ0) is 14.7. The maximum atomic E-state index is 13.6. The molecular formula is C13H13F3N2O2. The number of alkyl halides is 3. The summed E-state index contributed by atoms with van der Waals surface area (Å²) in [7, 11) is 1.33. The van der Waals surface area contributed by atoms with Gasteiger partial charge in [-0.1, -0.05) is 6.07 Å². The largest absolute Gasteiger partial charge is 0.507 e. The monoisotopic (exact) mass is 286 g/mol. The van der Waals surface area contributed by atoms with Crippen LogP contribution in [-0.2, 0) is 6.42 Å². The molecule has 0 spiro atoms. The molecule has 0 radical (unpaired) electrons. The van der Waals surface area contributed by atoms with Crippen molar-refractivity contribution < 1.29 is 23.0 Å². The van der Waals surface area contributed by atoms with Crippen molar-refractivity contribution in [2.75, 3.05) is 13.8 Å². The summed E-state index contributed by atoms with van der Waals surface area (Å²) in [4.78, 5) is 7.92. The number of phenols is 1. The molecule has 108 valence electrons. The predicted octanol–water partition coefficient (Wildman–Crippen LogP) is 2.53. The van der Waals surface area contributed by atoms with Crippen molar-refractivity contribution in [1.82, 2.24) is 9.97 Å². The lowest BCUT2D eigenvalue weighted by Crippen LogP contribution is -2.22. The molecule has 2 aromatic rings. The van der Waals surface area contributed by atoms with Crippen LogP contribution in [0.4, 0.5) is 13.2 Å². The lowest BCUT2D eigenvalue weighted by Gasteiger charge is -2.13. The minimum Gasteiger partial charge on any atom is -0.507 e. The van der Waals surface area contributed by atoms with E-state index in [9.17, 15) is 18.3 Å². The fourth-order valence-electron chi connectivity index (χ4n) is 1.86. The number of nitrogens with zero attached hydrogens (tertiary/aromatic N) is 2. The molecular weight excluding hydrogens is 273 g/mol. The van der Waals surface area contributed by atoms with Crippen LogP contribution in [0.3, 0.4) is 0 Å². The van der Waals surface area contributed by atoms with Crippen molar-refractivity contribution in [2.24, 2.45) is 0 Å². The molecule has 1 aromatic carbocycles. The lowest BCUT2D eigenvalue weighted by atomic mass is 10.1. The fraction of sp³-hybridized carbons (Fsp3) is 0.385. The first-order valence-electron chi connectivity index (χ1n) is 5.93. The third kappa shape index (κ3) is 2.76. The molecule has 2 rings (SSSR count). The van der Waals surface area contributed by atoms with Crippen LogP contribution in [0.5, 0.6) is 11.8 Å². The first-order valence-corrected chi connectivity index (χ1v) is 5.93. The molecule has 0 aliphatic rings. The van der Waals surface area contributed by atoms with E-state index in [0.717, 1.165) is 0 Å². The second kappa shape index (κ2) is 5.94. The molecule has 0 saturated heterocycles. The van der Waals surface area contributed by atoms with E-state index in [0.29, 0.717) is 5.52 Å². The topological polar surface area (TPSA) is 55.2 Å². The SMILES string of the molecule is COc1nc(CC(F)C(F)CF)c2c(O)cccc2n1. The van der Waals surface area contributed by atoms with Gasteiger partial charge in [-0.05, 0) is 12.1 Å². The minimum atomic E-state index is -2.23. The van der Waals surface area contributed by atoms with Crippen LogP contribution >= 0.6 is 0 Å². The lowest BCUT2D eigenvalue weighted by molar-refractivity contribution is 0.136. The van der Waals surface area contributed by atoms with Gasteiger partial charge in [0.05, 0.1) is 23.7 Å². The van der Waals surface area contributed by atoms with E-state index in [1.165, 1.54) is 13.2 Å². The molecule has 2 unspecified atom stereocenters. The Bertz CT molecular complexity index is 609. The van der Waals surface area contributed by atoms with E-state index in [2.05, 4.69) is 9.97 Å². The number of fused-ring (bicyclic) bond motifs is 1. The highest BCUT2D eigenvalue weighted by atomic mass is 19.2. The van der Waals surface area contributed by atoms with Gasteiger partial charge < -0.3 is 9.84 Å². The predicted molar refractivity (Wildman–Crippen MR) is 67.2 cm³/mol. The van der Waals surface area contributed by atoms with E-state index < -0.39 is 25.4 Å². The summed E-state index contributed by atoms with van der Waals surface area (Å²) in [5.74, 6) is -0.150. The maximum Gasteiger partial charge on any atom is 0.316 e. The molecule has 2 atom stereocenters. The Morgan fingerprint density at radius 2 is 2.00 bits per heavy atom. The number of phenolic OH excluding ortho intramolecular Hbond substituents is 1. The number of methoxy groups -OCH3 is 1. The van der Waals surface area contributed by atoms with Gasteiger partial charge in [-0.2, -0.15) is 9.97 Å². The standard InChI is InChI=1S/C13H13F3N2O2/c1-20-13-17-9-3-2-4-11(19)12(9)10(18-13)5-7(15)8(16)6-14/h2-4,7-8,19H,5-6H2,1H3. The first-order chi connectivity index (χ1) is 9.56. The van der Waals surface area contributed by atoms with Crippen molar-refractivity contribution >= 4 is 10.9 Å². The summed E-state index contributed by atoms with van der Waals surface area (Å²) in [5, 5.41) is 10.0. The number of rotatable bonds is 5. The summed E-state index contributed by atoms with van der Waals surface area (Å²) < 4.78 is 43.6. The molecule has 20 heavy (non-hydrogen) atoms. The van der Waals surface area contributed by atoms with E-state index in [4.69, 9.17) is 4.74 Å². The Balaban J connectivity index is 2.49. The number of ether oxygens (including phenoxy) is 1. The maximum absolute atomic E-state index is 13.6. The van der Waals surface area contributed by atoms with Gasteiger partial charge in [-0.15, -0.1) is 0 Å². The average Bonchev–Trinajstić information content (AvgIpc) is 2.45. The molecule has 0 saturated carbocycles. The second-order valence-electron chi connectivity index (χ2n) is 4.22. The van der Waals surface area contributed by atoms with Crippen LogP contribution in [0.2, 0.25) is 0 Å². The van der Waals surface area contributed by atoms with Crippen LogP contribution < -0.4 is 4.74 Å². The molecule has 0 fully saturated rings. The molecule has 0 aliphatic carbocycles. The molecule has 1 heterocycles. The quantitative estimate of drug-likeness (QED) is 0.917. The van der Waals surface area contributed by atoms with Crippen LogP contribution in [0.25, 0.3) is 10.9 Å². The van der Waals surface area contributed by atoms with Crippen molar-refractivity contribution in [3.63, 3.8) is 0 Å². The van der Waals surface area contributed by atoms with Gasteiger partial charge in [0.15, 0.2) is 6.17 Å². The van der Waals surface area contributed by atoms with Crippen LogP contribution in [0, 0.1) is 0 Å². The molecule has 0 amide bonds. The highest BCUT2D eigenvalue weighted by Gasteiger charge is 2.23. The van der Waals surface area contributed by atoms with Crippen molar-refractivity contribution in [3.8, 4) is 11.8 Å². The average molecular weight is 286 g/mol. The molecule has 4 nitrogen and oxygen atoms in total. The van der Waals surface area contributed by atoms with E-state index in [1.54, 1.807) is 12.1 Å². The number of hydrogen-bond acceptors (Lipinski definition) is 4. The molecule has 7 heteroatoms. The van der Waals surface area contributed by atoms with Gasteiger partial charge in [0.2, 0.25) is 0 Å². The van der Waals surface area contributed by atoms with Gasteiger partial charge in [-0.3, -0.25) is 0 Å². The van der Waals surface area contributed by atoms with Crippen molar-refractivity contribution in [2.45, 2.75) is 18.8 Å². The van der Waals surface area contributed by atoms with Gasteiger partial charge in [0.25, 0.3) is 0 Å². The molecule has 0 bridgehead atoms. The van der Waals surface area contributed by atoms with Gasteiger partial charge >= 0.3 is 6.01 Å². The van der Waals surface area contributed by atoms with Crippen molar-refractivity contribution in [3.05, 3.63) is 23.9 Å². The summed E-state index contributed by atoms with van der Waals surface area (Å²) in [5.41, 5.74) is 0.420. The third-order valence-corrected chi connectivity index (χ3v) is 2.87. The number of aromatic nitrogens is 2. The number of hydrogen-bond donors (Lipinski definition) is 1. The second-order valence-corrected chi connectivity index (χ2v) is 4.22. The highest BCUT2D eigenvalue weighted by molar-refractivity contribution is 5.87. The van der Waals surface area contributed by atoms with E-state index in [-0.39, 0.29) is 22.8 Å². The van der Waals surface area contributed by atoms with E-state index in [1.807, 2.05) is 0 Å². The molecule has 1 aromatic heterocycles. The van der Waals surface area contributed by atoms with Crippen LogP contribution in [0.1, 0.15) is 5.69 Å². The zero-order valence-corrected chi connectivity index (χ0v) is 10.7. The Labute approximate surface area is 113 Å². The zero-order valence-electron chi connectivity index (χ0n) is 10.7. The molecule has 0 aliphatic heterocycles. The normalized spacial score (nSPS) is 14.2. The number of halogens is 3.